The van der Waals surface area contributed by atoms with E-state index in [9.17, 15) is 9.59 Å². The third-order valence-electron chi connectivity index (χ3n) is 2.37. The van der Waals surface area contributed by atoms with E-state index in [1.807, 2.05) is 13.8 Å². The zero-order valence-corrected chi connectivity index (χ0v) is 10.9. The van der Waals surface area contributed by atoms with Gasteiger partial charge in [-0.2, -0.15) is 0 Å². The van der Waals surface area contributed by atoms with Gasteiger partial charge >= 0.3 is 5.97 Å². The fourth-order valence-electron chi connectivity index (χ4n) is 1.33. The number of hydrogen-bond acceptors (Lipinski definition) is 5. The van der Waals surface area contributed by atoms with E-state index >= 15 is 0 Å². The predicted octanol–water partition coefficient (Wildman–Crippen LogP) is 1.25. The molecule has 0 saturated carbocycles. The first-order valence-corrected chi connectivity index (χ1v) is 5.88. The first kappa shape index (κ1) is 14.2. The highest BCUT2D eigenvalue weighted by molar-refractivity contribution is 5.81. The van der Waals surface area contributed by atoms with Crippen molar-refractivity contribution in [2.24, 2.45) is 0 Å². The van der Waals surface area contributed by atoms with Crippen molar-refractivity contribution in [1.29, 1.82) is 0 Å². The first-order chi connectivity index (χ1) is 8.52. The first-order valence-electron chi connectivity index (χ1n) is 5.88. The third-order valence-corrected chi connectivity index (χ3v) is 2.37. The molecule has 1 rings (SSSR count). The normalized spacial score (nSPS) is 10.2. The van der Waals surface area contributed by atoms with Crippen LogP contribution in [0.5, 0.6) is 0 Å². The van der Waals surface area contributed by atoms with Crippen molar-refractivity contribution in [3.8, 4) is 0 Å². The Morgan fingerprint density at radius 1 is 1.33 bits per heavy atom. The number of nitrogens with one attached hydrogen (secondary N) is 1. The van der Waals surface area contributed by atoms with Gasteiger partial charge in [-0.15, -0.1) is 0 Å². The number of esters is 1. The lowest BCUT2D eigenvalue weighted by Crippen LogP contribution is -2.23. The molecule has 1 aromatic rings. The summed E-state index contributed by atoms with van der Waals surface area (Å²) < 4.78 is 10.0. The zero-order valence-electron chi connectivity index (χ0n) is 10.9. The molecular formula is C12H18N2O4. The van der Waals surface area contributed by atoms with E-state index in [1.165, 1.54) is 0 Å². The van der Waals surface area contributed by atoms with Crippen molar-refractivity contribution in [2.45, 2.75) is 40.2 Å². The zero-order chi connectivity index (χ0) is 13.5. The highest BCUT2D eigenvalue weighted by atomic mass is 16.5. The summed E-state index contributed by atoms with van der Waals surface area (Å²) in [6.45, 7) is 5.94. The van der Waals surface area contributed by atoms with Crippen LogP contribution in [0, 0.1) is 13.8 Å². The minimum atomic E-state index is -0.365. The second-order valence-corrected chi connectivity index (χ2v) is 3.83. The van der Waals surface area contributed by atoms with E-state index in [0.29, 0.717) is 12.5 Å². The van der Waals surface area contributed by atoms with Crippen molar-refractivity contribution in [1.82, 2.24) is 10.3 Å². The Morgan fingerprint density at radius 2 is 2.06 bits per heavy atom. The number of oxazole rings is 1. The Labute approximate surface area is 106 Å². The van der Waals surface area contributed by atoms with Crippen LogP contribution in [0.4, 0.5) is 0 Å². The maximum Gasteiger partial charge on any atom is 0.306 e. The molecule has 0 fully saturated rings. The minimum Gasteiger partial charge on any atom is -0.466 e. The van der Waals surface area contributed by atoms with Crippen molar-refractivity contribution >= 4 is 11.9 Å². The predicted molar refractivity (Wildman–Crippen MR) is 63.7 cm³/mol. The number of hydrogen-bond donors (Lipinski definition) is 1. The Morgan fingerprint density at radius 3 is 2.61 bits per heavy atom. The van der Waals surface area contributed by atoms with E-state index < -0.39 is 0 Å². The van der Waals surface area contributed by atoms with E-state index in [2.05, 4.69) is 10.3 Å². The molecular weight excluding hydrogens is 236 g/mol. The summed E-state index contributed by atoms with van der Waals surface area (Å²) in [5, 5.41) is 2.63. The molecule has 0 aliphatic heterocycles. The van der Waals surface area contributed by atoms with Crippen LogP contribution < -0.4 is 5.32 Å². The highest BCUT2D eigenvalue weighted by Crippen LogP contribution is 2.07. The van der Waals surface area contributed by atoms with Crippen molar-refractivity contribution in [3.63, 3.8) is 0 Å². The summed E-state index contributed by atoms with van der Waals surface area (Å²) in [5.41, 5.74) is 0.811. The second-order valence-electron chi connectivity index (χ2n) is 3.83. The van der Waals surface area contributed by atoms with Gasteiger partial charge in [0, 0.05) is 6.42 Å². The topological polar surface area (TPSA) is 81.4 Å². The number of rotatable bonds is 6. The summed E-state index contributed by atoms with van der Waals surface area (Å²) in [6, 6.07) is 0. The highest BCUT2D eigenvalue weighted by Gasteiger charge is 2.09. The number of ether oxygens (including phenoxy) is 1. The molecule has 6 nitrogen and oxygen atoms in total. The monoisotopic (exact) mass is 254 g/mol. The number of aromatic nitrogens is 1. The van der Waals surface area contributed by atoms with Crippen LogP contribution in [0.3, 0.4) is 0 Å². The van der Waals surface area contributed by atoms with Crippen LogP contribution in [0.15, 0.2) is 4.42 Å². The van der Waals surface area contributed by atoms with Gasteiger partial charge in [0.1, 0.15) is 5.76 Å². The summed E-state index contributed by atoms with van der Waals surface area (Å²) in [5.74, 6) is 0.618. The second kappa shape index (κ2) is 6.78. The van der Waals surface area contributed by atoms with Gasteiger partial charge in [-0.3, -0.25) is 9.59 Å². The Kier molecular flexibility index (Phi) is 5.35. The lowest BCUT2D eigenvalue weighted by molar-refractivity contribution is -0.144. The summed E-state index contributed by atoms with van der Waals surface area (Å²) in [7, 11) is 0. The number of amides is 1. The molecule has 1 amide bonds. The number of nitrogens with zero attached hydrogens (tertiary/aromatic N) is 1. The fraction of sp³-hybridized carbons (Fsp3) is 0.583. The van der Waals surface area contributed by atoms with Gasteiger partial charge in [0.15, 0.2) is 0 Å². The lowest BCUT2D eigenvalue weighted by atomic mass is 10.3. The molecule has 0 aliphatic carbocycles. The van der Waals surface area contributed by atoms with Gasteiger partial charge in [0.05, 0.1) is 25.3 Å². The van der Waals surface area contributed by atoms with E-state index in [0.717, 1.165) is 11.5 Å². The smallest absolute Gasteiger partial charge is 0.306 e. The summed E-state index contributed by atoms with van der Waals surface area (Å²) in [6.07, 6.45) is 0.195. The molecule has 0 spiro atoms. The SMILES string of the molecule is CCOC(=O)CCC(=O)NCc1nc(C)c(C)o1. The standard InChI is InChI=1S/C12H18N2O4/c1-4-17-12(16)6-5-10(15)13-7-11-14-8(2)9(3)18-11/h4-7H2,1-3H3,(H,13,15). The molecule has 18 heavy (non-hydrogen) atoms. The molecule has 0 aromatic carbocycles. The molecule has 0 radical (unpaired) electrons. The van der Waals surface area contributed by atoms with Crippen LogP contribution in [0.25, 0.3) is 0 Å². The summed E-state index contributed by atoms with van der Waals surface area (Å²) >= 11 is 0. The van der Waals surface area contributed by atoms with E-state index in [1.54, 1.807) is 6.92 Å². The maximum absolute atomic E-state index is 11.4. The molecule has 1 aromatic heterocycles. The van der Waals surface area contributed by atoms with Crippen LogP contribution in [0.1, 0.15) is 37.1 Å². The van der Waals surface area contributed by atoms with Crippen molar-refractivity contribution in [3.05, 3.63) is 17.3 Å². The van der Waals surface area contributed by atoms with Crippen LogP contribution >= 0.6 is 0 Å². The Bertz CT molecular complexity index is 406. The number of aryl methyl sites for hydroxylation is 2. The average Bonchev–Trinajstić information content (AvgIpc) is 2.64. The fourth-order valence-corrected chi connectivity index (χ4v) is 1.33. The Balaban J connectivity index is 2.27. The number of carbonyl (C=O) groups is 2. The Hall–Kier alpha value is -1.85. The molecule has 0 atom stereocenters. The molecule has 1 heterocycles. The van der Waals surface area contributed by atoms with Crippen molar-refractivity contribution in [2.75, 3.05) is 6.61 Å². The number of carbonyl (C=O) groups excluding carboxylic acids is 2. The molecule has 1 N–H and O–H groups in total. The molecule has 0 aliphatic rings. The largest absolute Gasteiger partial charge is 0.466 e. The van der Waals surface area contributed by atoms with Crippen LogP contribution in [0.2, 0.25) is 0 Å². The van der Waals surface area contributed by atoms with Crippen LogP contribution in [-0.4, -0.2) is 23.5 Å². The van der Waals surface area contributed by atoms with Gasteiger partial charge in [-0.1, -0.05) is 0 Å². The lowest BCUT2D eigenvalue weighted by Gasteiger charge is -2.02. The molecule has 0 unspecified atom stereocenters. The van der Waals surface area contributed by atoms with Gasteiger partial charge < -0.3 is 14.5 Å². The van der Waals surface area contributed by atoms with E-state index in [-0.39, 0.29) is 31.3 Å². The van der Waals surface area contributed by atoms with Gasteiger partial charge in [0.2, 0.25) is 11.8 Å². The van der Waals surface area contributed by atoms with Gasteiger partial charge in [-0.25, -0.2) is 4.98 Å². The molecule has 0 saturated heterocycles. The molecule has 0 bridgehead atoms. The molecule has 100 valence electrons. The minimum absolute atomic E-state index is 0.0866. The molecule has 6 heteroatoms. The average molecular weight is 254 g/mol. The summed E-state index contributed by atoms with van der Waals surface area (Å²) in [4.78, 5) is 26.6. The van der Waals surface area contributed by atoms with Gasteiger partial charge in [-0.05, 0) is 20.8 Å². The van der Waals surface area contributed by atoms with E-state index in [4.69, 9.17) is 9.15 Å². The van der Waals surface area contributed by atoms with Gasteiger partial charge in [0.25, 0.3) is 0 Å². The maximum atomic E-state index is 11.4. The van der Waals surface area contributed by atoms with Crippen molar-refractivity contribution < 1.29 is 18.7 Å². The third kappa shape index (κ3) is 4.57. The van der Waals surface area contributed by atoms with Crippen LogP contribution in [-0.2, 0) is 20.9 Å². The quantitative estimate of drug-likeness (QED) is 0.773.